The van der Waals surface area contributed by atoms with E-state index in [0.29, 0.717) is 6.54 Å². The maximum atomic E-state index is 13.2. The van der Waals surface area contributed by atoms with Crippen LogP contribution in [0, 0.1) is 5.41 Å². The number of hydrogen-bond donors (Lipinski definition) is 2. The molecule has 5 heteroatoms. The molecule has 0 aromatic carbocycles. The van der Waals surface area contributed by atoms with Gasteiger partial charge in [0.1, 0.15) is 5.83 Å². The fourth-order valence-electron chi connectivity index (χ4n) is 2.14. The Morgan fingerprint density at radius 2 is 1.89 bits per heavy atom. The second-order valence-electron chi connectivity index (χ2n) is 5.32. The summed E-state index contributed by atoms with van der Waals surface area (Å²) in [5, 5.41) is 2.90. The minimum Gasteiger partial charge on any atom is -0.401 e. The Morgan fingerprint density at radius 3 is 2.17 bits per heavy atom. The monoisotopic (exact) mass is 262 g/mol. The number of nitrogens with one attached hydrogen (secondary N) is 1. The Hall–Kier alpha value is -1.13. The average Bonchev–Trinajstić information content (AvgIpc) is 2.19. The van der Waals surface area contributed by atoms with Gasteiger partial charge in [-0.25, -0.2) is 13.2 Å². The molecule has 0 amide bonds. The number of rotatable bonds is 5. The van der Waals surface area contributed by atoms with Crippen molar-refractivity contribution in [1.82, 2.24) is 5.32 Å². The molecule has 0 bridgehead atoms. The predicted molar refractivity (Wildman–Crippen MR) is 66.7 cm³/mol. The van der Waals surface area contributed by atoms with Crippen LogP contribution in [0.2, 0.25) is 0 Å². The zero-order valence-electron chi connectivity index (χ0n) is 11.1. The molecule has 1 aliphatic rings. The van der Waals surface area contributed by atoms with E-state index in [4.69, 9.17) is 5.73 Å². The second-order valence-corrected chi connectivity index (χ2v) is 5.32. The van der Waals surface area contributed by atoms with Gasteiger partial charge in [-0.2, -0.15) is 0 Å². The number of nitrogens with two attached hydrogens (primary N) is 1. The Bertz CT molecular complexity index is 360. The molecule has 0 aromatic heterocycles. The summed E-state index contributed by atoms with van der Waals surface area (Å²) < 4.78 is 38.9. The quantitative estimate of drug-likeness (QED) is 0.745. The van der Waals surface area contributed by atoms with E-state index in [0.717, 1.165) is 26.2 Å². The van der Waals surface area contributed by atoms with Gasteiger partial charge in [-0.05, 0) is 32.1 Å². The molecule has 1 fully saturated rings. The average molecular weight is 262 g/mol. The lowest BCUT2D eigenvalue weighted by Crippen LogP contribution is -2.38. The Labute approximate surface area is 106 Å². The molecule has 2 nitrogen and oxygen atoms in total. The minimum absolute atomic E-state index is 0.0399. The van der Waals surface area contributed by atoms with Crippen LogP contribution in [-0.2, 0) is 0 Å². The smallest absolute Gasteiger partial charge is 0.268 e. The van der Waals surface area contributed by atoms with Crippen molar-refractivity contribution in [2.75, 3.05) is 6.54 Å². The lowest BCUT2D eigenvalue weighted by Gasteiger charge is -2.39. The third-order valence-corrected chi connectivity index (χ3v) is 3.51. The van der Waals surface area contributed by atoms with E-state index in [1.807, 2.05) is 0 Å². The third kappa shape index (κ3) is 3.43. The fourth-order valence-corrected chi connectivity index (χ4v) is 2.14. The molecule has 0 saturated heterocycles. The molecule has 0 radical (unpaired) electrons. The highest BCUT2D eigenvalue weighted by Gasteiger charge is 2.32. The van der Waals surface area contributed by atoms with Gasteiger partial charge >= 0.3 is 0 Å². The zero-order chi connectivity index (χ0) is 13.9. The first-order chi connectivity index (χ1) is 8.27. The van der Waals surface area contributed by atoms with Gasteiger partial charge in [0.2, 0.25) is 0 Å². The van der Waals surface area contributed by atoms with Crippen molar-refractivity contribution >= 4 is 0 Å². The van der Waals surface area contributed by atoms with Crippen LogP contribution in [-0.4, -0.2) is 13.0 Å². The Kier molecular flexibility index (Phi) is 4.71. The van der Waals surface area contributed by atoms with Crippen LogP contribution in [0.4, 0.5) is 13.2 Å². The maximum Gasteiger partial charge on any atom is 0.268 e. The number of alkyl halides is 2. The molecule has 0 unspecified atom stereocenters. The summed E-state index contributed by atoms with van der Waals surface area (Å²) in [5.74, 6) is -0.893. The molecular weight excluding hydrogens is 241 g/mol. The lowest BCUT2D eigenvalue weighted by molar-refractivity contribution is 0.157. The van der Waals surface area contributed by atoms with E-state index in [2.05, 4.69) is 12.2 Å². The molecule has 0 heterocycles. The minimum atomic E-state index is -2.87. The highest BCUT2D eigenvalue weighted by molar-refractivity contribution is 5.36. The van der Waals surface area contributed by atoms with Crippen molar-refractivity contribution in [2.45, 2.75) is 46.5 Å². The van der Waals surface area contributed by atoms with Gasteiger partial charge in [0.25, 0.3) is 6.43 Å². The molecule has 0 aliphatic heterocycles. The van der Waals surface area contributed by atoms with E-state index >= 15 is 0 Å². The molecule has 104 valence electrons. The molecule has 0 atom stereocenters. The Balaban J connectivity index is 2.84. The van der Waals surface area contributed by atoms with Crippen molar-refractivity contribution < 1.29 is 13.2 Å². The first kappa shape index (κ1) is 14.9. The third-order valence-electron chi connectivity index (χ3n) is 3.51. The number of halogens is 3. The van der Waals surface area contributed by atoms with Gasteiger partial charge in [0.15, 0.2) is 0 Å². The summed E-state index contributed by atoms with van der Waals surface area (Å²) in [6.07, 6.45) is 0.391. The SMILES string of the molecule is C/C(N)=C(NCC1(C)CCC1)\C(=C(/C)F)C(F)F. The standard InChI is InChI=1S/C13H21F3N2/c1-8(14)10(12(15)16)11(9(2)17)18-7-13(3)5-4-6-13/h12,18H,4-7,17H2,1-3H3/b10-8-,11-9-. The molecule has 0 spiro atoms. The summed E-state index contributed by atoms with van der Waals surface area (Å²) in [4.78, 5) is 0. The zero-order valence-corrected chi connectivity index (χ0v) is 11.1. The van der Waals surface area contributed by atoms with Gasteiger partial charge in [-0.15, -0.1) is 0 Å². The highest BCUT2D eigenvalue weighted by Crippen LogP contribution is 2.40. The van der Waals surface area contributed by atoms with Gasteiger partial charge < -0.3 is 11.1 Å². The lowest BCUT2D eigenvalue weighted by atomic mass is 9.70. The molecular formula is C13H21F3N2. The molecule has 1 rings (SSSR count). The van der Waals surface area contributed by atoms with E-state index in [1.165, 1.54) is 6.92 Å². The summed E-state index contributed by atoms with van der Waals surface area (Å²) in [5.41, 5.74) is 5.29. The number of allylic oxidation sites excluding steroid dienone is 3. The van der Waals surface area contributed by atoms with Crippen LogP contribution >= 0.6 is 0 Å². The van der Waals surface area contributed by atoms with E-state index < -0.39 is 17.8 Å². The summed E-state index contributed by atoms with van der Waals surface area (Å²) in [6.45, 7) is 5.15. The van der Waals surface area contributed by atoms with Crippen LogP contribution in [0.3, 0.4) is 0 Å². The normalized spacial score (nSPS) is 21.1. The largest absolute Gasteiger partial charge is 0.401 e. The molecule has 1 aliphatic carbocycles. The van der Waals surface area contributed by atoms with Crippen LogP contribution in [0.5, 0.6) is 0 Å². The molecule has 3 N–H and O–H groups in total. The van der Waals surface area contributed by atoms with Gasteiger partial charge in [-0.1, -0.05) is 13.3 Å². The van der Waals surface area contributed by atoms with E-state index in [-0.39, 0.29) is 16.8 Å². The van der Waals surface area contributed by atoms with Crippen LogP contribution in [0.1, 0.15) is 40.0 Å². The van der Waals surface area contributed by atoms with Gasteiger partial charge in [0.05, 0.1) is 11.3 Å². The van der Waals surface area contributed by atoms with Crippen molar-refractivity contribution in [3.63, 3.8) is 0 Å². The first-order valence-corrected chi connectivity index (χ1v) is 6.12. The van der Waals surface area contributed by atoms with Crippen LogP contribution in [0.15, 0.2) is 22.8 Å². The second kappa shape index (κ2) is 5.67. The molecule has 18 heavy (non-hydrogen) atoms. The van der Waals surface area contributed by atoms with Crippen molar-refractivity contribution in [3.05, 3.63) is 22.8 Å². The molecule has 0 aromatic rings. The van der Waals surface area contributed by atoms with Crippen molar-refractivity contribution in [3.8, 4) is 0 Å². The topological polar surface area (TPSA) is 38.0 Å². The van der Waals surface area contributed by atoms with E-state index in [1.54, 1.807) is 0 Å². The fraction of sp³-hybridized carbons (Fsp3) is 0.692. The van der Waals surface area contributed by atoms with Crippen molar-refractivity contribution in [2.24, 2.45) is 11.1 Å². The van der Waals surface area contributed by atoms with Crippen LogP contribution < -0.4 is 11.1 Å². The maximum absolute atomic E-state index is 13.2. The Morgan fingerprint density at radius 1 is 1.33 bits per heavy atom. The highest BCUT2D eigenvalue weighted by atomic mass is 19.3. The summed E-state index contributed by atoms with van der Waals surface area (Å²) in [6, 6.07) is 0. The van der Waals surface area contributed by atoms with Gasteiger partial charge in [-0.3, -0.25) is 0 Å². The molecule has 1 saturated carbocycles. The first-order valence-electron chi connectivity index (χ1n) is 6.12. The summed E-state index contributed by atoms with van der Waals surface area (Å²) >= 11 is 0. The van der Waals surface area contributed by atoms with Crippen LogP contribution in [0.25, 0.3) is 0 Å². The van der Waals surface area contributed by atoms with E-state index in [9.17, 15) is 13.2 Å². The number of hydrogen-bond acceptors (Lipinski definition) is 2. The van der Waals surface area contributed by atoms with Crippen molar-refractivity contribution in [1.29, 1.82) is 0 Å². The summed E-state index contributed by atoms with van der Waals surface area (Å²) in [7, 11) is 0. The predicted octanol–water partition coefficient (Wildman–Crippen LogP) is 3.47. The van der Waals surface area contributed by atoms with Gasteiger partial charge in [0, 0.05) is 12.2 Å².